The lowest BCUT2D eigenvalue weighted by Gasteiger charge is -2.64. The molecule has 13 heteroatoms. The van der Waals surface area contributed by atoms with Gasteiger partial charge in [0.05, 0.1) is 33.1 Å². The van der Waals surface area contributed by atoms with Crippen molar-refractivity contribution in [2.24, 2.45) is 23.2 Å². The van der Waals surface area contributed by atoms with Crippen molar-refractivity contribution in [3.05, 3.63) is 58.8 Å². The summed E-state index contributed by atoms with van der Waals surface area (Å²) in [6, 6.07) is 10.6. The molecule has 12 unspecified atom stereocenters. The second kappa shape index (κ2) is 13.3. The molecule has 13 nitrogen and oxygen atoms in total. The van der Waals surface area contributed by atoms with Gasteiger partial charge in [-0.1, -0.05) is 38.5 Å². The molecule has 59 heavy (non-hydrogen) atoms. The van der Waals surface area contributed by atoms with E-state index >= 15 is 4.79 Å². The Bertz CT molecular complexity index is 2280. The predicted molar refractivity (Wildman–Crippen MR) is 217 cm³/mol. The number of H-pyrrole nitrogens is 1. The molecule has 2 aromatic carbocycles. The lowest BCUT2D eigenvalue weighted by molar-refractivity contribution is -0.242. The van der Waals surface area contributed by atoms with Crippen LogP contribution >= 0.6 is 0 Å². The zero-order chi connectivity index (χ0) is 41.4. The molecular formula is C46H56N4O9. The van der Waals surface area contributed by atoms with E-state index in [4.69, 9.17) is 18.9 Å². The number of methoxy groups -OCH3 is 3. The Morgan fingerprint density at radius 2 is 1.75 bits per heavy atom. The van der Waals surface area contributed by atoms with Gasteiger partial charge in [-0.3, -0.25) is 24.2 Å². The number of amides is 1. The van der Waals surface area contributed by atoms with Gasteiger partial charge < -0.3 is 33.9 Å². The van der Waals surface area contributed by atoms with Gasteiger partial charge in [-0.2, -0.15) is 0 Å². The Morgan fingerprint density at radius 3 is 2.44 bits per heavy atom. The van der Waals surface area contributed by atoms with Crippen molar-refractivity contribution in [1.29, 1.82) is 0 Å². The van der Waals surface area contributed by atoms with Gasteiger partial charge in [0.1, 0.15) is 11.2 Å². The van der Waals surface area contributed by atoms with E-state index in [1.165, 1.54) is 26.0 Å². The van der Waals surface area contributed by atoms with Crippen LogP contribution in [0.1, 0.15) is 81.7 Å². The molecule has 2 aliphatic carbocycles. The molecule has 1 amide bonds. The van der Waals surface area contributed by atoms with E-state index in [0.29, 0.717) is 55.1 Å². The molecule has 5 fully saturated rings. The topological polar surface area (TPSA) is 151 Å². The number of hydrogen-bond donors (Lipinski definition) is 2. The molecule has 314 valence electrons. The summed E-state index contributed by atoms with van der Waals surface area (Å²) in [7, 11) is 4.27. The molecule has 4 saturated heterocycles. The zero-order valence-electron chi connectivity index (χ0n) is 34.9. The molecule has 2 bridgehead atoms. The molecule has 3 aromatic rings. The van der Waals surface area contributed by atoms with Crippen LogP contribution in [0.25, 0.3) is 10.9 Å². The van der Waals surface area contributed by atoms with Crippen LogP contribution in [0.4, 0.5) is 5.69 Å². The number of piperidine rings is 2. The number of aromatic amines is 1. The van der Waals surface area contributed by atoms with Crippen molar-refractivity contribution in [3.8, 4) is 5.75 Å². The Balaban J connectivity index is 1.31. The third kappa shape index (κ3) is 4.56. The minimum atomic E-state index is -2.45. The molecule has 5 aliphatic heterocycles. The molecular weight excluding hydrogens is 753 g/mol. The first-order valence-electron chi connectivity index (χ1n) is 21.6. The highest BCUT2D eigenvalue weighted by molar-refractivity contribution is 5.97. The van der Waals surface area contributed by atoms with E-state index in [9.17, 15) is 19.5 Å². The van der Waals surface area contributed by atoms with E-state index in [1.807, 2.05) is 25.1 Å². The predicted octanol–water partition coefficient (Wildman–Crippen LogP) is 4.23. The number of carbonyl (C=O) groups is 4. The summed E-state index contributed by atoms with van der Waals surface area (Å²) in [5.74, 6) is -1.06. The third-order valence-electron chi connectivity index (χ3n) is 16.7. The highest BCUT2D eigenvalue weighted by Crippen LogP contribution is 2.70. The number of carbonyl (C=O) groups excluding carboxylic acids is 4. The Hall–Kier alpha value is -4.46. The minimum Gasteiger partial charge on any atom is -0.496 e. The van der Waals surface area contributed by atoms with Crippen LogP contribution in [0, 0.1) is 23.2 Å². The average molecular weight is 809 g/mol. The summed E-state index contributed by atoms with van der Waals surface area (Å²) in [4.78, 5) is 67.0. The van der Waals surface area contributed by atoms with Crippen molar-refractivity contribution in [2.75, 3.05) is 52.4 Å². The first-order chi connectivity index (χ1) is 28.4. The first kappa shape index (κ1) is 38.7. The van der Waals surface area contributed by atoms with Crippen LogP contribution in [0.2, 0.25) is 0 Å². The SMILES string of the molecule is CCC1CC2CN(C1)C1Cc3c([nH]c4ccccc34)C(C(=O)OC)(c3cc4c(cc3OC)N(C=O)C3C(O)(C(=O)OC)C(OC(C)=O)C5(CC)CCCN6CCC43C65)C21. The van der Waals surface area contributed by atoms with E-state index in [0.717, 1.165) is 73.0 Å². The van der Waals surface area contributed by atoms with E-state index < -0.39 is 45.9 Å². The van der Waals surface area contributed by atoms with Gasteiger partial charge in [0.2, 0.25) is 12.0 Å². The van der Waals surface area contributed by atoms with Crippen molar-refractivity contribution >= 4 is 40.9 Å². The van der Waals surface area contributed by atoms with Crippen LogP contribution in [0.5, 0.6) is 5.75 Å². The second-order valence-electron chi connectivity index (χ2n) is 18.6. The van der Waals surface area contributed by atoms with Gasteiger partial charge in [0.25, 0.3) is 0 Å². The molecule has 1 aromatic heterocycles. The quantitative estimate of drug-likeness (QED) is 0.191. The minimum absolute atomic E-state index is 0.0503. The van der Waals surface area contributed by atoms with Gasteiger partial charge in [-0.15, -0.1) is 0 Å². The lowest BCUT2D eigenvalue weighted by Crippen LogP contribution is -2.82. The average Bonchev–Trinajstić information content (AvgIpc) is 3.98. The van der Waals surface area contributed by atoms with Crippen molar-refractivity contribution in [3.63, 3.8) is 0 Å². The number of benzene rings is 2. The normalized spacial score (nSPS) is 38.7. The highest BCUT2D eigenvalue weighted by Gasteiger charge is 2.81. The molecule has 1 spiro atoms. The van der Waals surface area contributed by atoms with Crippen LogP contribution < -0.4 is 9.64 Å². The smallest absolute Gasteiger partial charge is 0.344 e. The molecule has 0 radical (unpaired) electrons. The maximum Gasteiger partial charge on any atom is 0.344 e. The maximum atomic E-state index is 15.5. The number of ether oxygens (including phenoxy) is 4. The van der Waals surface area contributed by atoms with Crippen LogP contribution in [-0.4, -0.2) is 122 Å². The Morgan fingerprint density at radius 1 is 0.966 bits per heavy atom. The first-order valence-corrected chi connectivity index (χ1v) is 21.6. The molecule has 7 aliphatic rings. The summed E-state index contributed by atoms with van der Waals surface area (Å²) < 4.78 is 24.0. The standard InChI is InChI=1S/C46H56N4O9/c1-7-26-18-27-23-49(22-26)34-19-29-28-12-9-10-13-32(28)47-37(29)45(36(27)34,41(53)57-5)31-20-30-33(21-35(31)56-4)50(24-51)39-44(30)15-17-48-16-11-14-43(8-2,38(44)48)40(59-25(3)52)46(39,55)42(54)58-6/h9-10,12-13,20-21,24,26-27,34,36,38-40,47,55H,7-8,11,14-19,22-23H2,1-6H3. The van der Waals surface area contributed by atoms with Gasteiger partial charge in [0, 0.05) is 77.1 Å². The van der Waals surface area contributed by atoms with Crippen molar-refractivity contribution < 1.29 is 43.2 Å². The van der Waals surface area contributed by atoms with Gasteiger partial charge >= 0.3 is 17.9 Å². The number of fused-ring (bicyclic) bond motifs is 9. The number of nitrogens with zero attached hydrogens (tertiary/aromatic N) is 3. The Labute approximate surface area is 344 Å². The van der Waals surface area contributed by atoms with Crippen LogP contribution in [0.15, 0.2) is 36.4 Å². The lowest BCUT2D eigenvalue weighted by atomic mass is 9.46. The molecule has 10 rings (SSSR count). The molecule has 6 heterocycles. The largest absolute Gasteiger partial charge is 0.496 e. The summed E-state index contributed by atoms with van der Waals surface area (Å²) in [5.41, 5.74) is -0.987. The second-order valence-corrected chi connectivity index (χ2v) is 18.6. The summed E-state index contributed by atoms with van der Waals surface area (Å²) in [6.07, 6.45) is 4.53. The number of aromatic nitrogens is 1. The van der Waals surface area contributed by atoms with Gasteiger partial charge in [0.15, 0.2) is 6.10 Å². The number of para-hydroxylation sites is 1. The summed E-state index contributed by atoms with van der Waals surface area (Å²) in [5, 5.41) is 14.4. The van der Waals surface area contributed by atoms with E-state index in [-0.39, 0.29) is 29.9 Å². The fourth-order valence-corrected chi connectivity index (χ4v) is 14.9. The molecule has 1 saturated carbocycles. The summed E-state index contributed by atoms with van der Waals surface area (Å²) in [6.45, 7) is 8.82. The number of nitrogens with one attached hydrogen (secondary N) is 1. The van der Waals surface area contributed by atoms with Gasteiger partial charge in [-0.25, -0.2) is 4.79 Å². The van der Waals surface area contributed by atoms with E-state index in [1.54, 1.807) is 7.11 Å². The highest BCUT2D eigenvalue weighted by atomic mass is 16.6. The fourth-order valence-electron chi connectivity index (χ4n) is 14.9. The number of esters is 3. The van der Waals surface area contributed by atoms with Gasteiger partial charge in [-0.05, 0) is 86.7 Å². The third-order valence-corrected chi connectivity index (χ3v) is 16.7. The monoisotopic (exact) mass is 808 g/mol. The number of rotatable bonds is 8. The van der Waals surface area contributed by atoms with Crippen molar-refractivity contribution in [2.45, 2.75) is 106 Å². The molecule has 2 N–H and O–H groups in total. The maximum absolute atomic E-state index is 15.5. The molecule has 12 atom stereocenters. The van der Waals surface area contributed by atoms with Crippen LogP contribution in [-0.2, 0) is 50.6 Å². The number of aliphatic hydroxyl groups is 1. The zero-order valence-corrected chi connectivity index (χ0v) is 34.9. The van der Waals surface area contributed by atoms with Crippen molar-refractivity contribution in [1.82, 2.24) is 14.8 Å². The number of anilines is 1. The fraction of sp³-hybridized carbons (Fsp3) is 0.609. The number of hydrogen-bond acceptors (Lipinski definition) is 11. The van der Waals surface area contributed by atoms with E-state index in [2.05, 4.69) is 39.9 Å². The summed E-state index contributed by atoms with van der Waals surface area (Å²) >= 11 is 0. The Kier molecular flexibility index (Phi) is 8.71. The van der Waals surface area contributed by atoms with Crippen LogP contribution in [0.3, 0.4) is 0 Å².